The average molecular weight is 442 g/mol. The first-order valence-corrected chi connectivity index (χ1v) is 9.29. The second-order valence-electron chi connectivity index (χ2n) is 6.44. The van der Waals surface area contributed by atoms with Crippen LogP contribution in [0.4, 0.5) is 0 Å². The van der Waals surface area contributed by atoms with E-state index in [1.54, 1.807) is 24.3 Å². The summed E-state index contributed by atoms with van der Waals surface area (Å²) in [6.45, 7) is 0. The molecule has 10 heteroatoms. The number of para-hydroxylation sites is 2. The molecule has 2 heterocycles. The van der Waals surface area contributed by atoms with Gasteiger partial charge in [0.05, 0.1) is 39.5 Å². The number of aromatic hydroxyl groups is 2. The van der Waals surface area contributed by atoms with E-state index in [9.17, 15) is 19.8 Å². The van der Waals surface area contributed by atoms with Gasteiger partial charge in [-0.2, -0.15) is 0 Å². The lowest BCUT2D eigenvalue weighted by atomic mass is 10.2. The number of hydrogen-bond donors (Lipinski definition) is 4. The van der Waals surface area contributed by atoms with E-state index in [4.69, 9.17) is 18.9 Å². The molecule has 4 aromatic rings. The fraction of sp³-hybridized carbons (Fsp3) is 0.182. The van der Waals surface area contributed by atoms with Crippen LogP contribution in [0.25, 0.3) is 21.8 Å². The lowest BCUT2D eigenvalue weighted by molar-refractivity contribution is 0.354. The number of methoxy groups -OCH3 is 4. The van der Waals surface area contributed by atoms with E-state index in [0.29, 0.717) is 33.3 Å². The monoisotopic (exact) mass is 442 g/mol. The summed E-state index contributed by atoms with van der Waals surface area (Å²) in [5.74, 6) is 0.821. The molecule has 32 heavy (non-hydrogen) atoms. The Labute approximate surface area is 181 Å². The maximum absolute atomic E-state index is 11.6. The molecule has 0 aliphatic carbocycles. The third kappa shape index (κ3) is 3.85. The molecule has 0 bridgehead atoms. The standard InChI is InChI=1S/2C11H11NO4/c2*1-15-9-6-4-3-5-7(13)8(6)12-11(14)10(9)16-2/h2*3-5,13H,1-2H3,(H,12,14). The van der Waals surface area contributed by atoms with Gasteiger partial charge in [-0.25, -0.2) is 0 Å². The van der Waals surface area contributed by atoms with Crippen molar-refractivity contribution in [3.8, 4) is 34.5 Å². The van der Waals surface area contributed by atoms with Crippen molar-refractivity contribution in [2.75, 3.05) is 28.4 Å². The van der Waals surface area contributed by atoms with Gasteiger partial charge in [0.1, 0.15) is 11.5 Å². The summed E-state index contributed by atoms with van der Waals surface area (Å²) in [5.41, 5.74) is -0.197. The molecule has 2 aromatic heterocycles. The van der Waals surface area contributed by atoms with E-state index in [2.05, 4.69) is 9.97 Å². The molecule has 0 unspecified atom stereocenters. The SMILES string of the molecule is COc1c(OC)c2cccc(O)c2[nH]c1=O.COc1c(OC)c2cccc(O)c2[nH]c1=O. The van der Waals surface area contributed by atoms with E-state index in [1.165, 1.54) is 40.6 Å². The molecule has 4 N–H and O–H groups in total. The number of phenols is 2. The van der Waals surface area contributed by atoms with Gasteiger partial charge < -0.3 is 39.1 Å². The number of aromatic nitrogens is 2. The lowest BCUT2D eigenvalue weighted by Gasteiger charge is -2.10. The van der Waals surface area contributed by atoms with E-state index in [1.807, 2.05) is 0 Å². The highest BCUT2D eigenvalue weighted by atomic mass is 16.5. The summed E-state index contributed by atoms with van der Waals surface area (Å²) in [5, 5.41) is 20.4. The van der Waals surface area contributed by atoms with Crippen molar-refractivity contribution in [2.24, 2.45) is 0 Å². The van der Waals surface area contributed by atoms with Gasteiger partial charge in [-0.1, -0.05) is 12.1 Å². The summed E-state index contributed by atoms with van der Waals surface area (Å²) in [6, 6.07) is 9.77. The summed E-state index contributed by atoms with van der Waals surface area (Å²) in [4.78, 5) is 28.3. The zero-order chi connectivity index (χ0) is 23.4. The van der Waals surface area contributed by atoms with Gasteiger partial charge in [0, 0.05) is 10.8 Å². The minimum atomic E-state index is -0.437. The summed E-state index contributed by atoms with van der Waals surface area (Å²) in [6.07, 6.45) is 0. The highest BCUT2D eigenvalue weighted by Crippen LogP contribution is 2.35. The first-order valence-electron chi connectivity index (χ1n) is 9.29. The minimum Gasteiger partial charge on any atom is -0.506 e. The highest BCUT2D eigenvalue weighted by Gasteiger charge is 2.16. The fourth-order valence-electron chi connectivity index (χ4n) is 3.29. The first-order chi connectivity index (χ1) is 15.4. The zero-order valence-electron chi connectivity index (χ0n) is 17.8. The molecule has 0 saturated heterocycles. The van der Waals surface area contributed by atoms with Crippen LogP contribution in [-0.2, 0) is 0 Å². The van der Waals surface area contributed by atoms with E-state index >= 15 is 0 Å². The molecule has 2 aromatic carbocycles. The van der Waals surface area contributed by atoms with Crippen LogP contribution in [0, 0.1) is 0 Å². The molecule has 0 saturated carbocycles. The molecule has 168 valence electrons. The van der Waals surface area contributed by atoms with E-state index in [-0.39, 0.29) is 23.0 Å². The number of fused-ring (bicyclic) bond motifs is 2. The van der Waals surface area contributed by atoms with Gasteiger partial charge in [0.15, 0.2) is 11.5 Å². The molecule has 0 aliphatic rings. The van der Waals surface area contributed by atoms with Gasteiger partial charge in [-0.05, 0) is 24.3 Å². The van der Waals surface area contributed by atoms with E-state index < -0.39 is 11.1 Å². The zero-order valence-corrected chi connectivity index (χ0v) is 17.8. The molecule has 10 nitrogen and oxygen atoms in total. The van der Waals surface area contributed by atoms with Crippen molar-refractivity contribution in [2.45, 2.75) is 0 Å². The molecular weight excluding hydrogens is 420 g/mol. The van der Waals surface area contributed by atoms with E-state index in [0.717, 1.165) is 0 Å². The Morgan fingerprint density at radius 3 is 1.25 bits per heavy atom. The topological polar surface area (TPSA) is 143 Å². The Hall–Kier alpha value is -4.34. The third-order valence-electron chi connectivity index (χ3n) is 4.69. The number of rotatable bonds is 4. The van der Waals surface area contributed by atoms with Crippen LogP contribution >= 0.6 is 0 Å². The molecule has 0 atom stereocenters. The molecule has 4 rings (SSSR count). The predicted molar refractivity (Wildman–Crippen MR) is 119 cm³/mol. The maximum atomic E-state index is 11.6. The highest BCUT2D eigenvalue weighted by molar-refractivity contribution is 5.92. The molecule has 0 aliphatic heterocycles. The Balaban J connectivity index is 0.000000181. The van der Waals surface area contributed by atoms with Gasteiger partial charge in [-0.15, -0.1) is 0 Å². The Bertz CT molecular complexity index is 1280. The fourth-order valence-corrected chi connectivity index (χ4v) is 3.29. The summed E-state index contributed by atoms with van der Waals surface area (Å²) < 4.78 is 20.2. The summed E-state index contributed by atoms with van der Waals surface area (Å²) in [7, 11) is 5.67. The molecule has 0 amide bonds. The largest absolute Gasteiger partial charge is 0.506 e. The van der Waals surface area contributed by atoms with Gasteiger partial charge in [-0.3, -0.25) is 9.59 Å². The van der Waals surface area contributed by atoms with Crippen molar-refractivity contribution < 1.29 is 29.2 Å². The number of ether oxygens (including phenoxy) is 4. The lowest BCUT2D eigenvalue weighted by Crippen LogP contribution is -2.11. The van der Waals surface area contributed by atoms with Crippen LogP contribution in [0.15, 0.2) is 46.0 Å². The maximum Gasteiger partial charge on any atom is 0.294 e. The number of H-pyrrole nitrogens is 2. The number of hydrogen-bond acceptors (Lipinski definition) is 8. The Morgan fingerprint density at radius 1 is 0.594 bits per heavy atom. The second kappa shape index (κ2) is 9.21. The molecule has 0 radical (unpaired) electrons. The smallest absolute Gasteiger partial charge is 0.294 e. The van der Waals surface area contributed by atoms with Gasteiger partial charge in [0.25, 0.3) is 11.1 Å². The van der Waals surface area contributed by atoms with Crippen molar-refractivity contribution in [1.82, 2.24) is 9.97 Å². The normalized spacial score (nSPS) is 10.4. The first kappa shape index (κ1) is 22.3. The number of pyridine rings is 2. The van der Waals surface area contributed by atoms with Gasteiger partial charge >= 0.3 is 0 Å². The minimum absolute atomic E-state index is 0.00412. The number of aromatic amines is 2. The number of phenolic OH excluding ortho intramolecular Hbond substituents is 2. The number of nitrogens with one attached hydrogen (secondary N) is 2. The summed E-state index contributed by atoms with van der Waals surface area (Å²) >= 11 is 0. The third-order valence-corrected chi connectivity index (χ3v) is 4.69. The van der Waals surface area contributed by atoms with Crippen LogP contribution in [0.2, 0.25) is 0 Å². The Morgan fingerprint density at radius 2 is 0.938 bits per heavy atom. The quantitative estimate of drug-likeness (QED) is 0.378. The van der Waals surface area contributed by atoms with Gasteiger partial charge in [0.2, 0.25) is 11.5 Å². The molecule has 0 spiro atoms. The van der Waals surface area contributed by atoms with Crippen molar-refractivity contribution in [3.05, 3.63) is 57.1 Å². The van der Waals surface area contributed by atoms with Crippen LogP contribution in [0.3, 0.4) is 0 Å². The van der Waals surface area contributed by atoms with Crippen LogP contribution < -0.4 is 30.1 Å². The van der Waals surface area contributed by atoms with Crippen molar-refractivity contribution in [3.63, 3.8) is 0 Å². The molecular formula is C22H22N2O8. The van der Waals surface area contributed by atoms with Crippen LogP contribution in [0.5, 0.6) is 34.5 Å². The van der Waals surface area contributed by atoms with Crippen LogP contribution in [0.1, 0.15) is 0 Å². The van der Waals surface area contributed by atoms with Crippen LogP contribution in [-0.4, -0.2) is 48.6 Å². The predicted octanol–water partition coefficient (Wildman–Crippen LogP) is 2.50. The molecule has 0 fully saturated rings. The number of benzene rings is 2. The van der Waals surface area contributed by atoms with Crippen molar-refractivity contribution >= 4 is 21.8 Å². The average Bonchev–Trinajstić information content (AvgIpc) is 2.79. The Kier molecular flexibility index (Phi) is 6.43. The second-order valence-corrected chi connectivity index (χ2v) is 6.44. The van der Waals surface area contributed by atoms with Crippen molar-refractivity contribution in [1.29, 1.82) is 0 Å².